The molecule has 0 saturated carbocycles. The van der Waals surface area contributed by atoms with E-state index in [1.54, 1.807) is 0 Å². The van der Waals surface area contributed by atoms with Crippen LogP contribution in [0.25, 0.3) is 0 Å². The summed E-state index contributed by atoms with van der Waals surface area (Å²) in [6.07, 6.45) is 23.4. The molecule has 28 heavy (non-hydrogen) atoms. The molecule has 0 radical (unpaired) electrons. The molecule has 1 N–H and O–H groups in total. The van der Waals surface area contributed by atoms with Crippen LogP contribution in [0, 0.1) is 0 Å². The third-order valence-corrected chi connectivity index (χ3v) is 5.65. The zero-order valence-electron chi connectivity index (χ0n) is 20.0. The minimum Gasteiger partial charge on any atom is -0.338 e. The number of hydrogen-bond donors (Lipinski definition) is 1. The van der Waals surface area contributed by atoms with E-state index >= 15 is 0 Å². The van der Waals surface area contributed by atoms with E-state index < -0.39 is 5.91 Å². The normalized spacial score (nSPS) is 12.0. The molecule has 0 aliphatic carbocycles. The van der Waals surface area contributed by atoms with E-state index in [1.807, 2.05) is 13.8 Å². The van der Waals surface area contributed by atoms with Crippen LogP contribution in [0.5, 0.6) is 0 Å². The number of nitrogens with one attached hydrogen (secondary N) is 1. The second-order valence-corrected chi connectivity index (χ2v) is 8.20. The van der Waals surface area contributed by atoms with Gasteiger partial charge in [0.25, 0.3) is 0 Å². The molecule has 0 fully saturated rings. The van der Waals surface area contributed by atoms with Crippen LogP contribution >= 0.6 is 0 Å². The van der Waals surface area contributed by atoms with Crippen LogP contribution in [0.3, 0.4) is 0 Å². The van der Waals surface area contributed by atoms with Gasteiger partial charge in [-0.1, -0.05) is 110 Å². The molecule has 0 bridgehead atoms. The Labute approximate surface area is 177 Å². The minimum absolute atomic E-state index is 0.570. The molecule has 170 valence electrons. The molecule has 0 aliphatic rings. The Morgan fingerprint density at radius 1 is 0.500 bits per heavy atom. The molecule has 0 unspecified atom stereocenters. The van der Waals surface area contributed by atoms with Crippen LogP contribution in [-0.2, 0) is 9.47 Å². The van der Waals surface area contributed by atoms with Crippen molar-refractivity contribution in [2.24, 2.45) is 0 Å². The fourth-order valence-corrected chi connectivity index (χ4v) is 3.89. The van der Waals surface area contributed by atoms with E-state index in [4.69, 9.17) is 9.47 Å². The van der Waals surface area contributed by atoms with Crippen LogP contribution in [-0.4, -0.2) is 25.7 Å². The second-order valence-electron chi connectivity index (χ2n) is 8.20. The Hall–Kier alpha value is -0.120. The van der Waals surface area contributed by atoms with Crippen molar-refractivity contribution in [1.29, 1.82) is 0 Å². The number of hydrogen-bond acceptors (Lipinski definition) is 3. The lowest BCUT2D eigenvalue weighted by atomic mass is 10.0. The molecule has 0 rings (SSSR count). The summed E-state index contributed by atoms with van der Waals surface area (Å²) >= 11 is 0. The maximum Gasteiger partial charge on any atom is 0.227 e. The summed E-state index contributed by atoms with van der Waals surface area (Å²) in [7, 11) is 0. The zero-order chi connectivity index (χ0) is 20.8. The van der Waals surface area contributed by atoms with Crippen molar-refractivity contribution in [3.63, 3.8) is 0 Å². The SMILES string of the molecule is CCCCCCCCCCCCCCCCCCNC(CC)(OCC)OCC. The molecular weight excluding hydrogens is 346 g/mol. The first-order chi connectivity index (χ1) is 13.7. The molecule has 3 heteroatoms. The molecular formula is C25H53NO2. The van der Waals surface area contributed by atoms with Crippen LogP contribution < -0.4 is 5.32 Å². The summed E-state index contributed by atoms with van der Waals surface area (Å²) in [5.74, 6) is -0.570. The van der Waals surface area contributed by atoms with Gasteiger partial charge in [0.15, 0.2) is 0 Å². The van der Waals surface area contributed by atoms with Crippen molar-refractivity contribution >= 4 is 0 Å². The summed E-state index contributed by atoms with van der Waals surface area (Å²) in [6.45, 7) is 10.8. The van der Waals surface area contributed by atoms with Gasteiger partial charge in [0.2, 0.25) is 5.91 Å². The molecule has 0 aromatic carbocycles. The predicted octanol–water partition coefficient (Wildman–Crippen LogP) is 7.97. The minimum atomic E-state index is -0.570. The Kier molecular flexibility index (Phi) is 21.5. The van der Waals surface area contributed by atoms with Gasteiger partial charge in [0.05, 0.1) is 0 Å². The maximum absolute atomic E-state index is 5.81. The van der Waals surface area contributed by atoms with Gasteiger partial charge in [0, 0.05) is 26.2 Å². The summed E-state index contributed by atoms with van der Waals surface area (Å²) in [6, 6.07) is 0. The Balaban J connectivity index is 3.35. The average molecular weight is 400 g/mol. The second kappa shape index (κ2) is 21.6. The van der Waals surface area contributed by atoms with Gasteiger partial charge in [-0.2, -0.15) is 0 Å². The quantitative estimate of drug-likeness (QED) is 0.139. The fraction of sp³-hybridized carbons (Fsp3) is 1.00. The van der Waals surface area contributed by atoms with Gasteiger partial charge in [-0.3, -0.25) is 5.32 Å². The van der Waals surface area contributed by atoms with E-state index in [2.05, 4.69) is 19.2 Å². The Morgan fingerprint density at radius 2 is 0.857 bits per heavy atom. The van der Waals surface area contributed by atoms with Crippen molar-refractivity contribution < 1.29 is 9.47 Å². The lowest BCUT2D eigenvalue weighted by Gasteiger charge is -2.33. The van der Waals surface area contributed by atoms with Crippen molar-refractivity contribution in [3.8, 4) is 0 Å². The van der Waals surface area contributed by atoms with Gasteiger partial charge in [-0.05, 0) is 20.3 Å². The molecule has 0 atom stereocenters. The van der Waals surface area contributed by atoms with E-state index in [0.717, 1.165) is 13.0 Å². The number of unbranched alkanes of at least 4 members (excludes halogenated alkanes) is 15. The first-order valence-electron chi connectivity index (χ1n) is 12.8. The van der Waals surface area contributed by atoms with E-state index in [1.165, 1.54) is 103 Å². The molecule has 0 saturated heterocycles. The first-order valence-corrected chi connectivity index (χ1v) is 12.8. The predicted molar refractivity (Wildman–Crippen MR) is 124 cm³/mol. The van der Waals surface area contributed by atoms with Crippen LogP contribution in [0.1, 0.15) is 137 Å². The summed E-state index contributed by atoms with van der Waals surface area (Å²) in [5.41, 5.74) is 0. The maximum atomic E-state index is 5.81. The van der Waals surface area contributed by atoms with Gasteiger partial charge >= 0.3 is 0 Å². The third kappa shape index (κ3) is 16.8. The van der Waals surface area contributed by atoms with Crippen LogP contribution in [0.4, 0.5) is 0 Å². The number of rotatable bonds is 23. The van der Waals surface area contributed by atoms with Crippen LogP contribution in [0.15, 0.2) is 0 Å². The monoisotopic (exact) mass is 399 g/mol. The van der Waals surface area contributed by atoms with Gasteiger partial charge in [0.1, 0.15) is 0 Å². The van der Waals surface area contributed by atoms with Crippen LogP contribution in [0.2, 0.25) is 0 Å². The first kappa shape index (κ1) is 27.9. The van der Waals surface area contributed by atoms with Crippen molar-refractivity contribution in [2.75, 3.05) is 19.8 Å². The number of ether oxygens (including phenoxy) is 2. The highest BCUT2D eigenvalue weighted by molar-refractivity contribution is 4.65. The smallest absolute Gasteiger partial charge is 0.227 e. The Morgan fingerprint density at radius 3 is 1.18 bits per heavy atom. The topological polar surface area (TPSA) is 30.5 Å². The third-order valence-electron chi connectivity index (χ3n) is 5.65. The van der Waals surface area contributed by atoms with E-state index in [-0.39, 0.29) is 0 Å². The molecule has 0 spiro atoms. The average Bonchev–Trinajstić information content (AvgIpc) is 2.70. The highest BCUT2D eigenvalue weighted by Gasteiger charge is 2.27. The molecule has 0 amide bonds. The lowest BCUT2D eigenvalue weighted by Crippen LogP contribution is -2.50. The largest absolute Gasteiger partial charge is 0.338 e. The van der Waals surface area contributed by atoms with Crippen molar-refractivity contribution in [1.82, 2.24) is 5.32 Å². The van der Waals surface area contributed by atoms with Gasteiger partial charge in [-0.15, -0.1) is 0 Å². The van der Waals surface area contributed by atoms with E-state index in [0.29, 0.717) is 13.2 Å². The Bertz CT molecular complexity index is 290. The molecule has 0 aromatic rings. The summed E-state index contributed by atoms with van der Waals surface area (Å²) in [4.78, 5) is 0. The highest BCUT2D eigenvalue weighted by atomic mass is 16.7. The molecule has 0 aliphatic heterocycles. The van der Waals surface area contributed by atoms with Crippen molar-refractivity contribution in [2.45, 2.75) is 143 Å². The standard InChI is InChI=1S/C25H53NO2/c1-5-9-10-11-12-13-14-15-16-17-18-19-20-21-22-23-24-26-25(6-2,27-7-3)28-8-4/h26H,5-24H2,1-4H3. The summed E-state index contributed by atoms with van der Waals surface area (Å²) < 4.78 is 11.6. The molecule has 0 heterocycles. The van der Waals surface area contributed by atoms with Crippen molar-refractivity contribution in [3.05, 3.63) is 0 Å². The summed E-state index contributed by atoms with van der Waals surface area (Å²) in [5, 5.41) is 3.49. The van der Waals surface area contributed by atoms with Gasteiger partial charge in [-0.25, -0.2) is 0 Å². The highest BCUT2D eigenvalue weighted by Crippen LogP contribution is 2.16. The zero-order valence-corrected chi connectivity index (χ0v) is 20.0. The molecule has 0 aromatic heterocycles. The fourth-order valence-electron chi connectivity index (χ4n) is 3.89. The lowest BCUT2D eigenvalue weighted by molar-refractivity contribution is -0.254. The van der Waals surface area contributed by atoms with Gasteiger partial charge < -0.3 is 9.47 Å². The molecule has 3 nitrogen and oxygen atoms in total. The van der Waals surface area contributed by atoms with E-state index in [9.17, 15) is 0 Å².